The predicted molar refractivity (Wildman–Crippen MR) is 65.1 cm³/mol. The highest BCUT2D eigenvalue weighted by Gasteiger charge is 2.16. The monoisotopic (exact) mass is 272 g/mol. The molecule has 1 amide bonds. The second-order valence-corrected chi connectivity index (χ2v) is 4.65. The lowest BCUT2D eigenvalue weighted by atomic mass is 10.0. The molecule has 0 aliphatic carbocycles. The number of nitrogens with zero attached hydrogens (tertiary/aromatic N) is 1. The first-order chi connectivity index (χ1) is 8.66. The average Bonchev–Trinajstić information content (AvgIpc) is 2.40. The molecule has 0 saturated carbocycles. The van der Waals surface area contributed by atoms with Crippen LogP contribution in [-0.2, 0) is 4.74 Å². The van der Waals surface area contributed by atoms with Gasteiger partial charge < -0.3 is 10.1 Å². The maximum Gasteiger partial charge on any atom is 0.252 e. The Labute approximate surface area is 109 Å². The van der Waals surface area contributed by atoms with E-state index < -0.39 is 5.82 Å². The van der Waals surface area contributed by atoms with Crippen LogP contribution < -0.4 is 5.32 Å². The lowest BCUT2D eigenvalue weighted by Crippen LogP contribution is -2.33. The van der Waals surface area contributed by atoms with Crippen LogP contribution in [0.3, 0.4) is 0 Å². The third kappa shape index (κ3) is 3.40. The summed E-state index contributed by atoms with van der Waals surface area (Å²) in [5.74, 6) is -0.707. The molecule has 1 atom stereocenters. The molecule has 2 rings (SSSR count). The fourth-order valence-corrected chi connectivity index (χ4v) is 1.96. The Balaban J connectivity index is 1.88. The Morgan fingerprint density at radius 2 is 2.50 bits per heavy atom. The first kappa shape index (κ1) is 13.2. The molecule has 1 fully saturated rings. The quantitative estimate of drug-likeness (QED) is 0.857. The molecule has 6 heteroatoms. The Kier molecular flexibility index (Phi) is 4.49. The number of carbonyl (C=O) groups is 1. The summed E-state index contributed by atoms with van der Waals surface area (Å²) in [5, 5.41) is 2.52. The van der Waals surface area contributed by atoms with Crippen molar-refractivity contribution in [1.29, 1.82) is 0 Å². The van der Waals surface area contributed by atoms with E-state index in [0.717, 1.165) is 25.5 Å². The lowest BCUT2D eigenvalue weighted by molar-refractivity contribution is 0.0536. The molecule has 18 heavy (non-hydrogen) atoms. The molecule has 98 valence electrons. The average molecular weight is 273 g/mol. The highest BCUT2D eigenvalue weighted by Crippen LogP contribution is 2.14. The number of nitrogens with one attached hydrogen (secondary N) is 1. The summed E-state index contributed by atoms with van der Waals surface area (Å²) in [6.45, 7) is 1.98. The molecule has 1 unspecified atom stereocenters. The van der Waals surface area contributed by atoms with E-state index in [-0.39, 0.29) is 16.6 Å². The molecule has 1 aliphatic heterocycles. The maximum atomic E-state index is 13.1. The largest absolute Gasteiger partial charge is 0.381 e. The van der Waals surface area contributed by atoms with Gasteiger partial charge in [0.25, 0.3) is 5.91 Å². The number of amides is 1. The van der Waals surface area contributed by atoms with Crippen LogP contribution in [0.1, 0.15) is 23.2 Å². The standard InChI is InChI=1S/C12H14ClFN2O2/c13-11-10(14)4-9(6-15-11)12(17)16-5-8-2-1-3-18-7-8/h4,6,8H,1-3,5,7H2,(H,16,17). The smallest absolute Gasteiger partial charge is 0.252 e. The number of aromatic nitrogens is 1. The highest BCUT2D eigenvalue weighted by atomic mass is 35.5. The van der Waals surface area contributed by atoms with Crippen molar-refractivity contribution in [3.05, 3.63) is 28.8 Å². The number of carbonyl (C=O) groups excluding carboxylic acids is 1. The van der Waals surface area contributed by atoms with Crippen LogP contribution >= 0.6 is 11.6 Å². The summed E-state index contributed by atoms with van der Waals surface area (Å²) in [5.41, 5.74) is 0.175. The topological polar surface area (TPSA) is 51.2 Å². The minimum Gasteiger partial charge on any atom is -0.381 e. The fraction of sp³-hybridized carbons (Fsp3) is 0.500. The van der Waals surface area contributed by atoms with Gasteiger partial charge in [-0.15, -0.1) is 0 Å². The summed E-state index contributed by atoms with van der Waals surface area (Å²) < 4.78 is 18.5. The van der Waals surface area contributed by atoms with Crippen molar-refractivity contribution in [2.45, 2.75) is 12.8 Å². The fourth-order valence-electron chi connectivity index (χ4n) is 1.85. The van der Waals surface area contributed by atoms with Crippen molar-refractivity contribution in [3.63, 3.8) is 0 Å². The molecule has 1 aromatic rings. The first-order valence-electron chi connectivity index (χ1n) is 5.84. The molecule has 4 nitrogen and oxygen atoms in total. The van der Waals surface area contributed by atoms with E-state index in [1.807, 2.05) is 0 Å². The molecule has 0 radical (unpaired) electrons. The zero-order valence-electron chi connectivity index (χ0n) is 9.79. The van der Waals surface area contributed by atoms with Crippen LogP contribution in [0.25, 0.3) is 0 Å². The number of hydrogen-bond donors (Lipinski definition) is 1. The Hall–Kier alpha value is -1.20. The molecule has 0 aromatic carbocycles. The maximum absolute atomic E-state index is 13.1. The van der Waals surface area contributed by atoms with Crippen LogP contribution in [0.4, 0.5) is 4.39 Å². The lowest BCUT2D eigenvalue weighted by Gasteiger charge is -2.22. The number of pyridine rings is 1. The van der Waals surface area contributed by atoms with E-state index in [1.54, 1.807) is 0 Å². The number of hydrogen-bond acceptors (Lipinski definition) is 3. The summed E-state index contributed by atoms with van der Waals surface area (Å²) in [4.78, 5) is 15.3. The molecule has 2 heterocycles. The van der Waals surface area contributed by atoms with Crippen LogP contribution in [-0.4, -0.2) is 30.6 Å². The molecule has 1 aromatic heterocycles. The Morgan fingerprint density at radius 3 is 3.17 bits per heavy atom. The van der Waals surface area contributed by atoms with E-state index in [9.17, 15) is 9.18 Å². The zero-order valence-corrected chi connectivity index (χ0v) is 10.5. The molecule has 0 bridgehead atoms. The number of rotatable bonds is 3. The van der Waals surface area contributed by atoms with Crippen LogP contribution in [0, 0.1) is 11.7 Å². The normalized spacial score (nSPS) is 19.6. The summed E-state index contributed by atoms with van der Waals surface area (Å²) in [6.07, 6.45) is 3.31. The van der Waals surface area contributed by atoms with Crippen LogP contribution in [0.2, 0.25) is 5.15 Å². The van der Waals surface area contributed by atoms with Crippen LogP contribution in [0.15, 0.2) is 12.3 Å². The number of ether oxygens (including phenoxy) is 1. The SMILES string of the molecule is O=C(NCC1CCCOC1)c1cnc(Cl)c(F)c1. The van der Waals surface area contributed by atoms with Crippen molar-refractivity contribution >= 4 is 17.5 Å². The molecule has 0 spiro atoms. The van der Waals surface area contributed by atoms with Gasteiger partial charge in [0.05, 0.1) is 12.2 Å². The van der Waals surface area contributed by atoms with E-state index in [1.165, 1.54) is 6.20 Å². The summed E-state index contributed by atoms with van der Waals surface area (Å²) in [6, 6.07) is 1.09. The first-order valence-corrected chi connectivity index (χ1v) is 6.21. The van der Waals surface area contributed by atoms with Gasteiger partial charge in [-0.1, -0.05) is 11.6 Å². The zero-order chi connectivity index (χ0) is 13.0. The van der Waals surface area contributed by atoms with Crippen molar-refractivity contribution in [3.8, 4) is 0 Å². The van der Waals surface area contributed by atoms with Crippen LogP contribution in [0.5, 0.6) is 0 Å². The van der Waals surface area contributed by atoms with E-state index in [0.29, 0.717) is 19.1 Å². The van der Waals surface area contributed by atoms with E-state index in [2.05, 4.69) is 10.3 Å². The van der Waals surface area contributed by atoms with Crippen molar-refractivity contribution in [2.24, 2.45) is 5.92 Å². The van der Waals surface area contributed by atoms with Gasteiger partial charge in [0.2, 0.25) is 0 Å². The second-order valence-electron chi connectivity index (χ2n) is 4.29. The van der Waals surface area contributed by atoms with E-state index in [4.69, 9.17) is 16.3 Å². The molecular formula is C12H14ClFN2O2. The van der Waals surface area contributed by atoms with Crippen molar-refractivity contribution < 1.29 is 13.9 Å². The van der Waals surface area contributed by atoms with Gasteiger partial charge in [-0.2, -0.15) is 0 Å². The van der Waals surface area contributed by atoms with Gasteiger partial charge in [0.15, 0.2) is 11.0 Å². The second kappa shape index (κ2) is 6.11. The van der Waals surface area contributed by atoms with E-state index >= 15 is 0 Å². The minimum absolute atomic E-state index is 0.175. The molecule has 1 saturated heterocycles. The van der Waals surface area contributed by atoms with Gasteiger partial charge in [0.1, 0.15) is 0 Å². The Morgan fingerprint density at radius 1 is 1.67 bits per heavy atom. The molecule has 1 N–H and O–H groups in total. The van der Waals surface area contributed by atoms with Gasteiger partial charge >= 0.3 is 0 Å². The summed E-state index contributed by atoms with van der Waals surface area (Å²) >= 11 is 5.45. The van der Waals surface area contributed by atoms with Crippen molar-refractivity contribution in [1.82, 2.24) is 10.3 Å². The van der Waals surface area contributed by atoms with Gasteiger partial charge in [-0.3, -0.25) is 4.79 Å². The number of halogens is 2. The van der Waals surface area contributed by atoms with Gasteiger partial charge in [-0.25, -0.2) is 9.37 Å². The predicted octanol–water partition coefficient (Wildman–Crippen LogP) is 2.03. The van der Waals surface area contributed by atoms with Gasteiger partial charge in [-0.05, 0) is 24.8 Å². The molecular weight excluding hydrogens is 259 g/mol. The van der Waals surface area contributed by atoms with Crippen molar-refractivity contribution in [2.75, 3.05) is 19.8 Å². The Bertz CT molecular complexity index is 436. The highest BCUT2D eigenvalue weighted by molar-refractivity contribution is 6.29. The minimum atomic E-state index is -0.690. The third-order valence-electron chi connectivity index (χ3n) is 2.86. The molecule has 1 aliphatic rings. The third-order valence-corrected chi connectivity index (χ3v) is 3.14. The summed E-state index contributed by atoms with van der Waals surface area (Å²) in [7, 11) is 0. The van der Waals surface area contributed by atoms with Gasteiger partial charge in [0, 0.05) is 19.3 Å².